The summed E-state index contributed by atoms with van der Waals surface area (Å²) in [6, 6.07) is 23.0. The molecule has 0 unspecified atom stereocenters. The SMILES string of the molecule is Clc1ccc(Oc2ccc(Nc3nc4ccccc4n4cncc34)cc2)cc1. The number of rotatable bonds is 4. The number of hydrogen-bond donors (Lipinski definition) is 1. The zero-order valence-corrected chi connectivity index (χ0v) is 15.5. The van der Waals surface area contributed by atoms with Crippen LogP contribution in [-0.2, 0) is 0 Å². The number of ether oxygens (including phenoxy) is 1. The Morgan fingerprint density at radius 1 is 0.821 bits per heavy atom. The maximum absolute atomic E-state index is 5.91. The Bertz CT molecular complexity index is 1260. The van der Waals surface area contributed by atoms with Crippen LogP contribution in [0.5, 0.6) is 11.5 Å². The van der Waals surface area contributed by atoms with Gasteiger partial charge < -0.3 is 10.1 Å². The molecule has 0 aliphatic rings. The van der Waals surface area contributed by atoms with Crippen LogP contribution < -0.4 is 10.1 Å². The van der Waals surface area contributed by atoms with Gasteiger partial charge in [0.15, 0.2) is 5.82 Å². The summed E-state index contributed by atoms with van der Waals surface area (Å²) in [4.78, 5) is 9.03. The highest BCUT2D eigenvalue weighted by molar-refractivity contribution is 6.30. The first-order valence-corrected chi connectivity index (χ1v) is 9.15. The molecule has 0 radical (unpaired) electrons. The number of nitrogens with one attached hydrogen (secondary N) is 1. The lowest BCUT2D eigenvalue weighted by Crippen LogP contribution is -1.99. The highest BCUT2D eigenvalue weighted by Gasteiger charge is 2.09. The van der Waals surface area contributed by atoms with E-state index in [9.17, 15) is 0 Å². The van der Waals surface area contributed by atoms with Gasteiger partial charge in [-0.1, -0.05) is 23.7 Å². The van der Waals surface area contributed by atoms with Gasteiger partial charge >= 0.3 is 0 Å². The topological polar surface area (TPSA) is 51.5 Å². The maximum atomic E-state index is 5.91. The van der Waals surface area contributed by atoms with E-state index in [1.807, 2.05) is 65.1 Å². The monoisotopic (exact) mass is 386 g/mol. The van der Waals surface area contributed by atoms with Gasteiger partial charge in [-0.15, -0.1) is 0 Å². The Kier molecular flexibility index (Phi) is 4.07. The van der Waals surface area contributed by atoms with Crippen LogP contribution in [0.2, 0.25) is 5.02 Å². The highest BCUT2D eigenvalue weighted by Crippen LogP contribution is 2.27. The van der Waals surface area contributed by atoms with Crippen LogP contribution in [0.1, 0.15) is 0 Å². The van der Waals surface area contributed by atoms with E-state index in [0.29, 0.717) is 5.02 Å². The predicted molar refractivity (Wildman–Crippen MR) is 112 cm³/mol. The summed E-state index contributed by atoms with van der Waals surface area (Å²) in [5, 5.41) is 4.06. The number of nitrogens with zero attached hydrogens (tertiary/aromatic N) is 3. The molecule has 0 fully saturated rings. The first-order chi connectivity index (χ1) is 13.8. The fraction of sp³-hybridized carbons (Fsp3) is 0. The van der Waals surface area contributed by atoms with Gasteiger partial charge in [-0.2, -0.15) is 0 Å². The normalized spacial score (nSPS) is 11.0. The second kappa shape index (κ2) is 6.87. The molecule has 0 saturated heterocycles. The van der Waals surface area contributed by atoms with Crippen molar-refractivity contribution >= 4 is 39.7 Å². The summed E-state index contributed by atoms with van der Waals surface area (Å²) in [5.74, 6) is 2.23. The molecule has 5 rings (SSSR count). The van der Waals surface area contributed by atoms with Gasteiger partial charge in [0.25, 0.3) is 0 Å². The van der Waals surface area contributed by atoms with Gasteiger partial charge in [0.1, 0.15) is 17.0 Å². The Balaban J connectivity index is 1.43. The summed E-state index contributed by atoms with van der Waals surface area (Å²) in [5.41, 5.74) is 3.75. The number of anilines is 2. The van der Waals surface area contributed by atoms with Gasteiger partial charge in [-0.3, -0.25) is 4.40 Å². The van der Waals surface area contributed by atoms with Crippen molar-refractivity contribution in [3.8, 4) is 11.5 Å². The molecular formula is C22H15ClN4O. The summed E-state index contributed by atoms with van der Waals surface area (Å²) >= 11 is 5.91. The third-order valence-electron chi connectivity index (χ3n) is 4.42. The Hall–Kier alpha value is -3.57. The number of hydrogen-bond acceptors (Lipinski definition) is 4. The lowest BCUT2D eigenvalue weighted by atomic mass is 10.2. The lowest BCUT2D eigenvalue weighted by molar-refractivity contribution is 0.483. The van der Waals surface area contributed by atoms with E-state index in [1.54, 1.807) is 24.7 Å². The van der Waals surface area contributed by atoms with Gasteiger partial charge in [0.05, 0.1) is 23.6 Å². The molecule has 0 amide bonds. The largest absolute Gasteiger partial charge is 0.457 e. The van der Waals surface area contributed by atoms with Crippen molar-refractivity contribution in [3.05, 3.63) is 90.3 Å². The molecule has 5 nitrogen and oxygen atoms in total. The van der Waals surface area contributed by atoms with Crippen molar-refractivity contribution in [3.63, 3.8) is 0 Å². The molecule has 0 atom stereocenters. The maximum Gasteiger partial charge on any atom is 0.157 e. The number of para-hydroxylation sites is 2. The van der Waals surface area contributed by atoms with Crippen molar-refractivity contribution in [2.75, 3.05) is 5.32 Å². The zero-order chi connectivity index (χ0) is 18.9. The number of fused-ring (bicyclic) bond motifs is 3. The molecule has 0 aliphatic carbocycles. The van der Waals surface area contributed by atoms with E-state index in [4.69, 9.17) is 21.3 Å². The van der Waals surface area contributed by atoms with E-state index in [-0.39, 0.29) is 0 Å². The summed E-state index contributed by atoms with van der Waals surface area (Å²) in [6.07, 6.45) is 3.60. The molecule has 0 spiro atoms. The second-order valence-corrected chi connectivity index (χ2v) is 6.74. The Labute approximate surface area is 166 Å². The Morgan fingerprint density at radius 3 is 2.32 bits per heavy atom. The van der Waals surface area contributed by atoms with Gasteiger partial charge in [0.2, 0.25) is 0 Å². The van der Waals surface area contributed by atoms with E-state index in [0.717, 1.165) is 39.6 Å². The van der Waals surface area contributed by atoms with Crippen LogP contribution >= 0.6 is 11.6 Å². The molecule has 0 bridgehead atoms. The van der Waals surface area contributed by atoms with Crippen molar-refractivity contribution in [2.45, 2.75) is 0 Å². The fourth-order valence-corrected chi connectivity index (χ4v) is 3.20. The standard InChI is InChI=1S/C22H15ClN4O/c23-15-5-9-17(10-6-15)28-18-11-7-16(8-12-18)25-22-21-13-24-14-27(21)20-4-2-1-3-19(20)26-22/h1-14H,(H,25,26). The molecule has 28 heavy (non-hydrogen) atoms. The molecular weight excluding hydrogens is 372 g/mol. The minimum Gasteiger partial charge on any atom is -0.457 e. The number of benzene rings is 3. The third kappa shape index (κ3) is 3.12. The lowest BCUT2D eigenvalue weighted by Gasteiger charge is -2.11. The number of halogens is 1. The molecule has 3 aromatic carbocycles. The molecule has 136 valence electrons. The molecule has 1 N–H and O–H groups in total. The summed E-state index contributed by atoms with van der Waals surface area (Å²) in [7, 11) is 0. The van der Waals surface area contributed by atoms with E-state index in [1.165, 1.54) is 0 Å². The summed E-state index contributed by atoms with van der Waals surface area (Å²) < 4.78 is 7.87. The van der Waals surface area contributed by atoms with Crippen LogP contribution in [0.15, 0.2) is 85.3 Å². The molecule has 0 saturated carbocycles. The average Bonchev–Trinajstić information content (AvgIpc) is 3.22. The van der Waals surface area contributed by atoms with E-state index < -0.39 is 0 Å². The number of imidazole rings is 1. The molecule has 5 aromatic rings. The summed E-state index contributed by atoms with van der Waals surface area (Å²) in [6.45, 7) is 0. The van der Waals surface area contributed by atoms with Gasteiger partial charge in [-0.25, -0.2) is 9.97 Å². The van der Waals surface area contributed by atoms with Crippen LogP contribution in [-0.4, -0.2) is 14.4 Å². The van der Waals surface area contributed by atoms with Crippen molar-refractivity contribution in [1.29, 1.82) is 0 Å². The third-order valence-corrected chi connectivity index (χ3v) is 4.67. The average molecular weight is 387 g/mol. The highest BCUT2D eigenvalue weighted by atomic mass is 35.5. The Morgan fingerprint density at radius 2 is 1.54 bits per heavy atom. The van der Waals surface area contributed by atoms with Gasteiger partial charge in [-0.05, 0) is 60.7 Å². The van der Waals surface area contributed by atoms with Crippen molar-refractivity contribution < 1.29 is 4.74 Å². The molecule has 2 aromatic heterocycles. The quantitative estimate of drug-likeness (QED) is 0.407. The van der Waals surface area contributed by atoms with Gasteiger partial charge in [0, 0.05) is 10.7 Å². The van der Waals surface area contributed by atoms with Crippen LogP contribution in [0.3, 0.4) is 0 Å². The molecule has 2 heterocycles. The van der Waals surface area contributed by atoms with Crippen LogP contribution in [0.25, 0.3) is 16.6 Å². The smallest absolute Gasteiger partial charge is 0.157 e. The zero-order valence-electron chi connectivity index (χ0n) is 14.7. The number of aromatic nitrogens is 3. The predicted octanol–water partition coefficient (Wildman–Crippen LogP) is 6.07. The molecule has 0 aliphatic heterocycles. The van der Waals surface area contributed by atoms with E-state index >= 15 is 0 Å². The van der Waals surface area contributed by atoms with E-state index in [2.05, 4.69) is 10.3 Å². The fourth-order valence-electron chi connectivity index (χ4n) is 3.08. The van der Waals surface area contributed by atoms with Crippen molar-refractivity contribution in [2.24, 2.45) is 0 Å². The minimum atomic E-state index is 0.681. The second-order valence-electron chi connectivity index (χ2n) is 6.30. The van der Waals surface area contributed by atoms with Crippen LogP contribution in [0.4, 0.5) is 11.5 Å². The van der Waals surface area contributed by atoms with Crippen molar-refractivity contribution in [1.82, 2.24) is 14.4 Å². The minimum absolute atomic E-state index is 0.681. The molecule has 6 heteroatoms. The van der Waals surface area contributed by atoms with Crippen LogP contribution in [0, 0.1) is 0 Å². The first-order valence-electron chi connectivity index (χ1n) is 8.78. The first kappa shape index (κ1) is 16.6.